The molecule has 70 valence electrons. The maximum Gasteiger partial charge on any atom is 0.304 e. The summed E-state index contributed by atoms with van der Waals surface area (Å²) in [4.78, 5) is 12.5. The molecule has 0 aromatic rings. The van der Waals surface area contributed by atoms with Crippen molar-refractivity contribution in [3.63, 3.8) is 0 Å². The van der Waals surface area contributed by atoms with Gasteiger partial charge in [0, 0.05) is 55.6 Å². The first-order valence-corrected chi connectivity index (χ1v) is 5.00. The van der Waals surface area contributed by atoms with Gasteiger partial charge in [-0.15, -0.1) is 0 Å². The normalized spacial score (nSPS) is 21.1. The average molecular weight is 284 g/mol. The molecular weight excluding hydrogens is 271 g/mol. The van der Waals surface area contributed by atoms with Gasteiger partial charge in [-0.3, -0.25) is 4.79 Å². The van der Waals surface area contributed by atoms with Gasteiger partial charge in [-0.25, -0.2) is 3.11 Å². The molecule has 1 heterocycles. The standard InChI is InChI=1S/C7H13IN2O2/c8-10-5-3-9(4-6-10)2-1-7(11)12/h1-6H2,(H,11,12). The van der Waals surface area contributed by atoms with E-state index in [9.17, 15) is 4.79 Å². The first-order valence-electron chi connectivity index (χ1n) is 4.03. The van der Waals surface area contributed by atoms with Gasteiger partial charge in [-0.2, -0.15) is 0 Å². The van der Waals surface area contributed by atoms with Crippen molar-refractivity contribution in [3.8, 4) is 0 Å². The Bertz CT molecular complexity index is 157. The van der Waals surface area contributed by atoms with Crippen LogP contribution in [-0.2, 0) is 4.79 Å². The molecule has 1 saturated heterocycles. The molecule has 0 unspecified atom stereocenters. The lowest BCUT2D eigenvalue weighted by Crippen LogP contribution is -2.42. The lowest BCUT2D eigenvalue weighted by Gasteiger charge is -2.30. The highest BCUT2D eigenvalue weighted by Crippen LogP contribution is 2.06. The van der Waals surface area contributed by atoms with Crippen molar-refractivity contribution >= 4 is 28.8 Å². The number of nitrogens with zero attached hydrogens (tertiary/aromatic N) is 2. The third kappa shape index (κ3) is 3.68. The number of halogens is 1. The highest BCUT2D eigenvalue weighted by atomic mass is 127. The van der Waals surface area contributed by atoms with Gasteiger partial charge < -0.3 is 10.0 Å². The molecule has 1 rings (SSSR count). The quantitative estimate of drug-likeness (QED) is 0.603. The van der Waals surface area contributed by atoms with Crippen LogP contribution in [0.4, 0.5) is 0 Å². The fraction of sp³-hybridized carbons (Fsp3) is 0.857. The molecule has 12 heavy (non-hydrogen) atoms. The van der Waals surface area contributed by atoms with Gasteiger partial charge in [0.2, 0.25) is 0 Å². The molecule has 0 saturated carbocycles. The summed E-state index contributed by atoms with van der Waals surface area (Å²) >= 11 is 2.30. The van der Waals surface area contributed by atoms with Crippen molar-refractivity contribution < 1.29 is 9.90 Å². The van der Waals surface area contributed by atoms with E-state index < -0.39 is 5.97 Å². The Morgan fingerprint density at radius 1 is 1.33 bits per heavy atom. The molecule has 1 fully saturated rings. The predicted molar refractivity (Wildman–Crippen MR) is 54.3 cm³/mol. The summed E-state index contributed by atoms with van der Waals surface area (Å²) < 4.78 is 2.23. The topological polar surface area (TPSA) is 43.8 Å². The highest BCUT2D eigenvalue weighted by molar-refractivity contribution is 14.1. The maximum absolute atomic E-state index is 10.3. The van der Waals surface area contributed by atoms with Crippen LogP contribution in [0.1, 0.15) is 6.42 Å². The Morgan fingerprint density at radius 3 is 2.42 bits per heavy atom. The third-order valence-corrected chi connectivity index (χ3v) is 2.92. The third-order valence-electron chi connectivity index (χ3n) is 1.96. The molecule has 5 heteroatoms. The van der Waals surface area contributed by atoms with Crippen molar-refractivity contribution in [3.05, 3.63) is 0 Å². The van der Waals surface area contributed by atoms with Crippen molar-refractivity contribution in [2.75, 3.05) is 32.7 Å². The molecule has 1 aliphatic rings. The van der Waals surface area contributed by atoms with Crippen LogP contribution >= 0.6 is 22.9 Å². The molecule has 4 nitrogen and oxygen atoms in total. The van der Waals surface area contributed by atoms with Gasteiger partial charge in [0.1, 0.15) is 0 Å². The zero-order valence-corrected chi connectivity index (χ0v) is 9.03. The van der Waals surface area contributed by atoms with E-state index in [2.05, 4.69) is 30.9 Å². The van der Waals surface area contributed by atoms with E-state index in [-0.39, 0.29) is 6.42 Å². The second kappa shape index (κ2) is 4.98. The van der Waals surface area contributed by atoms with Crippen molar-refractivity contribution in [2.24, 2.45) is 0 Å². The van der Waals surface area contributed by atoms with E-state index in [4.69, 9.17) is 5.11 Å². The summed E-state index contributed by atoms with van der Waals surface area (Å²) in [6, 6.07) is 0. The summed E-state index contributed by atoms with van der Waals surface area (Å²) in [5, 5.41) is 8.46. The fourth-order valence-electron chi connectivity index (χ4n) is 1.20. The maximum atomic E-state index is 10.3. The number of aliphatic carboxylic acids is 1. The van der Waals surface area contributed by atoms with Gasteiger partial charge in [0.15, 0.2) is 0 Å². The molecule has 1 aliphatic heterocycles. The Kier molecular flexibility index (Phi) is 4.24. The van der Waals surface area contributed by atoms with E-state index in [1.165, 1.54) is 0 Å². The molecule has 0 radical (unpaired) electrons. The highest BCUT2D eigenvalue weighted by Gasteiger charge is 2.14. The lowest BCUT2D eigenvalue weighted by molar-refractivity contribution is -0.137. The number of carboxylic acids is 1. The molecule has 0 amide bonds. The summed E-state index contributed by atoms with van der Waals surface area (Å²) in [6.45, 7) is 4.77. The van der Waals surface area contributed by atoms with Crippen LogP contribution in [0, 0.1) is 0 Å². The smallest absolute Gasteiger partial charge is 0.304 e. The first kappa shape index (κ1) is 10.2. The van der Waals surface area contributed by atoms with Crippen molar-refractivity contribution in [2.45, 2.75) is 6.42 Å². The molecule has 0 bridgehead atoms. The Morgan fingerprint density at radius 2 is 1.92 bits per heavy atom. The minimum atomic E-state index is -0.702. The monoisotopic (exact) mass is 284 g/mol. The average Bonchev–Trinajstić information content (AvgIpc) is 2.03. The van der Waals surface area contributed by atoms with Gasteiger partial charge >= 0.3 is 5.97 Å². The summed E-state index contributed by atoms with van der Waals surface area (Å²) in [5.41, 5.74) is 0. The van der Waals surface area contributed by atoms with E-state index >= 15 is 0 Å². The summed E-state index contributed by atoms with van der Waals surface area (Å²) in [6.07, 6.45) is 0.265. The van der Waals surface area contributed by atoms with Crippen molar-refractivity contribution in [1.29, 1.82) is 0 Å². The van der Waals surface area contributed by atoms with Crippen LogP contribution in [0.5, 0.6) is 0 Å². The van der Waals surface area contributed by atoms with Crippen molar-refractivity contribution in [1.82, 2.24) is 8.01 Å². The molecule has 0 spiro atoms. The van der Waals surface area contributed by atoms with E-state index in [1.807, 2.05) is 0 Å². The van der Waals surface area contributed by atoms with Crippen LogP contribution in [0.25, 0.3) is 0 Å². The minimum Gasteiger partial charge on any atom is -0.481 e. The number of carboxylic acid groups (broad SMARTS) is 1. The van der Waals surface area contributed by atoms with Gasteiger partial charge in [-0.1, -0.05) is 0 Å². The fourth-order valence-corrected chi connectivity index (χ4v) is 1.63. The Hall–Kier alpha value is 0.120. The van der Waals surface area contributed by atoms with Crippen LogP contribution in [0.15, 0.2) is 0 Å². The largest absolute Gasteiger partial charge is 0.481 e. The second-order valence-corrected chi connectivity index (χ2v) is 4.26. The van der Waals surface area contributed by atoms with E-state index in [0.29, 0.717) is 6.54 Å². The zero-order chi connectivity index (χ0) is 8.97. The molecule has 1 N–H and O–H groups in total. The van der Waals surface area contributed by atoms with Gasteiger partial charge in [0.05, 0.1) is 6.42 Å². The number of piperazine rings is 1. The molecular formula is C7H13IN2O2. The van der Waals surface area contributed by atoms with Crippen LogP contribution < -0.4 is 0 Å². The first-order chi connectivity index (χ1) is 5.68. The summed E-state index contributed by atoms with van der Waals surface area (Å²) in [5.74, 6) is -0.702. The molecule has 0 atom stereocenters. The predicted octanol–water partition coefficient (Wildman–Crippen LogP) is 0.429. The Balaban J connectivity index is 2.13. The van der Waals surface area contributed by atoms with E-state index in [1.54, 1.807) is 0 Å². The Labute approximate surface area is 86.0 Å². The second-order valence-electron chi connectivity index (χ2n) is 2.90. The zero-order valence-electron chi connectivity index (χ0n) is 6.87. The van der Waals surface area contributed by atoms with Crippen LogP contribution in [0.3, 0.4) is 0 Å². The number of hydrogen-bond acceptors (Lipinski definition) is 3. The van der Waals surface area contributed by atoms with Gasteiger partial charge in [0.25, 0.3) is 0 Å². The van der Waals surface area contributed by atoms with Crippen LogP contribution in [-0.4, -0.2) is 51.8 Å². The molecule has 0 aliphatic carbocycles. The van der Waals surface area contributed by atoms with E-state index in [0.717, 1.165) is 26.2 Å². The SMILES string of the molecule is O=C(O)CCN1CCN(I)CC1. The number of carbonyl (C=O) groups is 1. The summed E-state index contributed by atoms with van der Waals surface area (Å²) in [7, 11) is 0. The molecule has 0 aromatic heterocycles. The molecule has 0 aromatic carbocycles. The minimum absolute atomic E-state index is 0.265. The number of hydrogen-bond donors (Lipinski definition) is 1. The van der Waals surface area contributed by atoms with Crippen LogP contribution in [0.2, 0.25) is 0 Å². The number of rotatable bonds is 3. The van der Waals surface area contributed by atoms with Gasteiger partial charge in [-0.05, 0) is 0 Å². The lowest BCUT2D eigenvalue weighted by atomic mass is 10.3.